The summed E-state index contributed by atoms with van der Waals surface area (Å²) in [6.45, 7) is 0.690. The van der Waals surface area contributed by atoms with E-state index in [-0.39, 0.29) is 17.7 Å². The summed E-state index contributed by atoms with van der Waals surface area (Å²) in [5.41, 5.74) is 10.1. The quantitative estimate of drug-likeness (QED) is 0.846. The van der Waals surface area contributed by atoms with Gasteiger partial charge >= 0.3 is 0 Å². The van der Waals surface area contributed by atoms with E-state index in [2.05, 4.69) is 5.32 Å². The first-order valence-corrected chi connectivity index (χ1v) is 8.73. The standard InChI is InChI=1S/C20H21N3O2/c21-17-4-1-5-18-16(17)3-2-12-23(18)20(25)14-8-10-15(11-9-14)22-19(24)13-6-7-13/h1,4-5,8-11,13H,2-3,6-7,12,21H2,(H,22,24). The Balaban J connectivity index is 1.53. The third kappa shape index (κ3) is 3.09. The van der Waals surface area contributed by atoms with Crippen LogP contribution in [0.25, 0.3) is 0 Å². The van der Waals surface area contributed by atoms with Crippen molar-refractivity contribution in [2.24, 2.45) is 5.92 Å². The summed E-state index contributed by atoms with van der Waals surface area (Å²) in [4.78, 5) is 26.5. The minimum absolute atomic E-state index is 0.0355. The van der Waals surface area contributed by atoms with Gasteiger partial charge in [-0.2, -0.15) is 0 Å². The highest BCUT2D eigenvalue weighted by Crippen LogP contribution is 2.33. The summed E-state index contributed by atoms with van der Waals surface area (Å²) in [5.74, 6) is 0.197. The lowest BCUT2D eigenvalue weighted by Gasteiger charge is -2.30. The molecule has 0 aromatic heterocycles. The SMILES string of the molecule is Nc1cccc2c1CCCN2C(=O)c1ccc(NC(=O)C2CC2)cc1. The van der Waals surface area contributed by atoms with Gasteiger partial charge in [0.15, 0.2) is 0 Å². The molecule has 0 atom stereocenters. The van der Waals surface area contributed by atoms with E-state index in [0.29, 0.717) is 12.1 Å². The van der Waals surface area contributed by atoms with Crippen molar-refractivity contribution >= 4 is 28.9 Å². The Morgan fingerprint density at radius 3 is 2.56 bits per heavy atom. The van der Waals surface area contributed by atoms with Crippen LogP contribution in [-0.4, -0.2) is 18.4 Å². The molecule has 1 aliphatic heterocycles. The van der Waals surface area contributed by atoms with Crippen molar-refractivity contribution in [1.82, 2.24) is 0 Å². The number of nitrogen functional groups attached to an aromatic ring is 1. The van der Waals surface area contributed by atoms with Crippen LogP contribution in [0.1, 0.15) is 35.2 Å². The lowest BCUT2D eigenvalue weighted by Crippen LogP contribution is -2.35. The zero-order chi connectivity index (χ0) is 17.4. The van der Waals surface area contributed by atoms with Crippen molar-refractivity contribution in [3.63, 3.8) is 0 Å². The van der Waals surface area contributed by atoms with Gasteiger partial charge in [-0.05, 0) is 67.6 Å². The van der Waals surface area contributed by atoms with Crippen LogP contribution in [0.15, 0.2) is 42.5 Å². The zero-order valence-electron chi connectivity index (χ0n) is 14.0. The zero-order valence-corrected chi connectivity index (χ0v) is 14.0. The number of hydrogen-bond acceptors (Lipinski definition) is 3. The monoisotopic (exact) mass is 335 g/mol. The molecule has 2 aromatic rings. The van der Waals surface area contributed by atoms with E-state index in [1.54, 1.807) is 29.2 Å². The van der Waals surface area contributed by atoms with Crippen LogP contribution < -0.4 is 16.0 Å². The van der Waals surface area contributed by atoms with Crippen LogP contribution in [-0.2, 0) is 11.2 Å². The van der Waals surface area contributed by atoms with Crippen LogP contribution in [0, 0.1) is 5.92 Å². The molecule has 25 heavy (non-hydrogen) atoms. The second kappa shape index (κ2) is 6.24. The molecule has 1 saturated carbocycles. The molecule has 2 aliphatic rings. The number of anilines is 3. The first-order valence-electron chi connectivity index (χ1n) is 8.73. The second-order valence-corrected chi connectivity index (χ2v) is 6.75. The highest BCUT2D eigenvalue weighted by Gasteiger charge is 2.29. The van der Waals surface area contributed by atoms with Gasteiger partial charge in [-0.1, -0.05) is 6.07 Å². The molecule has 128 valence electrons. The van der Waals surface area contributed by atoms with Gasteiger partial charge in [-0.25, -0.2) is 0 Å². The molecule has 0 unspecified atom stereocenters. The van der Waals surface area contributed by atoms with Crippen molar-refractivity contribution in [1.29, 1.82) is 0 Å². The van der Waals surface area contributed by atoms with Gasteiger partial charge in [0.25, 0.3) is 5.91 Å². The summed E-state index contributed by atoms with van der Waals surface area (Å²) in [7, 11) is 0. The van der Waals surface area contributed by atoms with E-state index < -0.39 is 0 Å². The fourth-order valence-corrected chi connectivity index (χ4v) is 3.30. The Morgan fingerprint density at radius 1 is 1.08 bits per heavy atom. The van der Waals surface area contributed by atoms with Crippen LogP contribution >= 0.6 is 0 Å². The Kier molecular flexibility index (Phi) is 3.92. The predicted octanol–water partition coefficient (Wildman–Crippen LogP) is 3.21. The van der Waals surface area contributed by atoms with Crippen molar-refractivity contribution in [2.45, 2.75) is 25.7 Å². The number of carbonyl (C=O) groups is 2. The Morgan fingerprint density at radius 2 is 1.84 bits per heavy atom. The Bertz CT molecular complexity index is 825. The van der Waals surface area contributed by atoms with Crippen LogP contribution in [0.3, 0.4) is 0 Å². The maximum absolute atomic E-state index is 12.9. The van der Waals surface area contributed by atoms with Crippen molar-refractivity contribution in [3.05, 3.63) is 53.6 Å². The van der Waals surface area contributed by atoms with E-state index in [9.17, 15) is 9.59 Å². The number of amides is 2. The third-order valence-electron chi connectivity index (χ3n) is 4.88. The van der Waals surface area contributed by atoms with Gasteiger partial charge in [0, 0.05) is 35.1 Å². The predicted molar refractivity (Wildman–Crippen MR) is 98.6 cm³/mol. The lowest BCUT2D eigenvalue weighted by molar-refractivity contribution is -0.117. The highest BCUT2D eigenvalue weighted by atomic mass is 16.2. The van der Waals surface area contributed by atoms with Gasteiger partial charge in [0.05, 0.1) is 0 Å². The summed E-state index contributed by atoms with van der Waals surface area (Å²) in [5, 5.41) is 2.89. The van der Waals surface area contributed by atoms with Gasteiger partial charge in [0.2, 0.25) is 5.91 Å². The highest BCUT2D eigenvalue weighted by molar-refractivity contribution is 6.07. The van der Waals surface area contributed by atoms with E-state index in [1.165, 1.54) is 0 Å². The van der Waals surface area contributed by atoms with Crippen molar-refractivity contribution in [3.8, 4) is 0 Å². The van der Waals surface area contributed by atoms with Crippen LogP contribution in [0.4, 0.5) is 17.1 Å². The van der Waals surface area contributed by atoms with Gasteiger partial charge in [0.1, 0.15) is 0 Å². The third-order valence-corrected chi connectivity index (χ3v) is 4.88. The van der Waals surface area contributed by atoms with E-state index in [4.69, 9.17) is 5.73 Å². The summed E-state index contributed by atoms with van der Waals surface area (Å²) < 4.78 is 0. The molecule has 1 heterocycles. The Hall–Kier alpha value is -2.82. The number of nitrogens with one attached hydrogen (secondary N) is 1. The molecule has 5 nitrogen and oxygen atoms in total. The lowest BCUT2D eigenvalue weighted by atomic mass is 9.99. The van der Waals surface area contributed by atoms with E-state index in [1.807, 2.05) is 18.2 Å². The molecule has 1 aliphatic carbocycles. The maximum Gasteiger partial charge on any atom is 0.258 e. The molecule has 3 N–H and O–H groups in total. The molecular formula is C20H21N3O2. The number of nitrogens with two attached hydrogens (primary N) is 1. The fraction of sp³-hybridized carbons (Fsp3) is 0.300. The van der Waals surface area contributed by atoms with E-state index in [0.717, 1.165) is 48.3 Å². The normalized spacial score (nSPS) is 16.2. The average molecular weight is 335 g/mol. The largest absolute Gasteiger partial charge is 0.398 e. The first-order chi connectivity index (χ1) is 12.1. The van der Waals surface area contributed by atoms with Gasteiger partial charge < -0.3 is 16.0 Å². The number of rotatable bonds is 3. The molecule has 0 spiro atoms. The molecule has 2 aromatic carbocycles. The van der Waals surface area contributed by atoms with Gasteiger partial charge in [-0.3, -0.25) is 9.59 Å². The summed E-state index contributed by atoms with van der Waals surface area (Å²) in [6, 6.07) is 12.8. The molecule has 0 saturated heterocycles. The average Bonchev–Trinajstić information content (AvgIpc) is 3.47. The molecular weight excluding hydrogens is 314 g/mol. The summed E-state index contributed by atoms with van der Waals surface area (Å²) in [6.07, 6.45) is 3.75. The molecule has 2 amide bonds. The van der Waals surface area contributed by atoms with Crippen LogP contribution in [0.5, 0.6) is 0 Å². The topological polar surface area (TPSA) is 75.4 Å². The number of hydrogen-bond donors (Lipinski definition) is 2. The molecule has 5 heteroatoms. The minimum Gasteiger partial charge on any atom is -0.398 e. The fourth-order valence-electron chi connectivity index (χ4n) is 3.30. The second-order valence-electron chi connectivity index (χ2n) is 6.75. The summed E-state index contributed by atoms with van der Waals surface area (Å²) >= 11 is 0. The molecule has 0 bridgehead atoms. The number of nitrogens with zero attached hydrogens (tertiary/aromatic N) is 1. The molecule has 1 fully saturated rings. The minimum atomic E-state index is -0.0355. The molecule has 4 rings (SSSR count). The first kappa shape index (κ1) is 15.7. The number of fused-ring (bicyclic) bond motifs is 1. The number of benzene rings is 2. The molecule has 0 radical (unpaired) electrons. The van der Waals surface area contributed by atoms with Crippen LogP contribution in [0.2, 0.25) is 0 Å². The Labute approximate surface area is 146 Å². The van der Waals surface area contributed by atoms with Crippen molar-refractivity contribution < 1.29 is 9.59 Å². The van der Waals surface area contributed by atoms with Crippen molar-refractivity contribution in [2.75, 3.05) is 22.5 Å². The number of carbonyl (C=O) groups excluding carboxylic acids is 2. The smallest absolute Gasteiger partial charge is 0.258 e. The maximum atomic E-state index is 12.9. The van der Waals surface area contributed by atoms with Gasteiger partial charge in [-0.15, -0.1) is 0 Å². The van der Waals surface area contributed by atoms with E-state index >= 15 is 0 Å².